The Morgan fingerprint density at radius 3 is 2.68 bits per heavy atom. The third-order valence-electron chi connectivity index (χ3n) is 3.63. The zero-order valence-electron chi connectivity index (χ0n) is 11.0. The molecule has 19 heavy (non-hydrogen) atoms. The topological polar surface area (TPSA) is 40.5 Å². The average molecular weight is 269 g/mol. The Balaban J connectivity index is 2.16. The van der Waals surface area contributed by atoms with E-state index in [0.29, 0.717) is 19.5 Å². The third kappa shape index (κ3) is 2.92. The Morgan fingerprint density at radius 2 is 2.11 bits per heavy atom. The Labute approximate surface area is 110 Å². The van der Waals surface area contributed by atoms with Crippen molar-refractivity contribution >= 4 is 5.91 Å². The molecule has 0 unspecified atom stereocenters. The van der Waals surface area contributed by atoms with Gasteiger partial charge in [0.25, 0.3) is 5.91 Å². The van der Waals surface area contributed by atoms with Crippen LogP contribution in [0.15, 0.2) is 18.2 Å². The fourth-order valence-corrected chi connectivity index (χ4v) is 2.35. The number of nitrogens with zero attached hydrogens (tertiary/aromatic N) is 1. The predicted molar refractivity (Wildman–Crippen MR) is 66.7 cm³/mol. The minimum atomic E-state index is -0.879. The monoisotopic (exact) mass is 269 g/mol. The fourth-order valence-electron chi connectivity index (χ4n) is 2.35. The lowest BCUT2D eigenvalue weighted by Crippen LogP contribution is -2.35. The van der Waals surface area contributed by atoms with Gasteiger partial charge in [0.05, 0.1) is 11.2 Å². The second-order valence-corrected chi connectivity index (χ2v) is 5.51. The molecule has 1 aromatic rings. The van der Waals surface area contributed by atoms with E-state index in [0.717, 1.165) is 18.2 Å². The normalized spacial score (nSPS) is 19.8. The van der Waals surface area contributed by atoms with Crippen molar-refractivity contribution < 1.29 is 18.7 Å². The average Bonchev–Trinajstić information content (AvgIpc) is 2.80. The second-order valence-electron chi connectivity index (χ2n) is 5.51. The highest BCUT2D eigenvalue weighted by Gasteiger charge is 2.36. The molecule has 1 heterocycles. The number of likely N-dealkylation sites (tertiary alicyclic amines) is 1. The smallest absolute Gasteiger partial charge is 0.256 e. The lowest BCUT2D eigenvalue weighted by Gasteiger charge is -2.25. The van der Waals surface area contributed by atoms with Crippen LogP contribution in [0.4, 0.5) is 8.78 Å². The van der Waals surface area contributed by atoms with Gasteiger partial charge in [-0.1, -0.05) is 0 Å². The van der Waals surface area contributed by atoms with E-state index >= 15 is 0 Å². The summed E-state index contributed by atoms with van der Waals surface area (Å²) in [4.78, 5) is 13.6. The maximum absolute atomic E-state index is 13.5. The Kier molecular flexibility index (Phi) is 3.58. The second kappa shape index (κ2) is 4.89. The molecule has 1 atom stereocenters. The summed E-state index contributed by atoms with van der Waals surface area (Å²) in [6, 6.07) is 2.84. The summed E-state index contributed by atoms with van der Waals surface area (Å²) in [6.07, 6.45) is 0.659. The minimum absolute atomic E-state index is 0.0481. The Hall–Kier alpha value is -1.49. The van der Waals surface area contributed by atoms with Crippen LogP contribution in [0.3, 0.4) is 0 Å². The first-order chi connectivity index (χ1) is 8.79. The molecule has 0 saturated carbocycles. The van der Waals surface area contributed by atoms with Crippen LogP contribution in [0.25, 0.3) is 0 Å². The van der Waals surface area contributed by atoms with Gasteiger partial charge in [-0.25, -0.2) is 8.78 Å². The van der Waals surface area contributed by atoms with Crippen LogP contribution in [0.2, 0.25) is 0 Å². The van der Waals surface area contributed by atoms with E-state index in [1.807, 2.05) is 0 Å². The van der Waals surface area contributed by atoms with Crippen molar-refractivity contribution in [2.24, 2.45) is 5.92 Å². The van der Waals surface area contributed by atoms with Gasteiger partial charge < -0.3 is 10.0 Å². The minimum Gasteiger partial charge on any atom is -0.390 e. The molecule has 0 radical (unpaired) electrons. The van der Waals surface area contributed by atoms with Crippen LogP contribution in [0.5, 0.6) is 0 Å². The largest absolute Gasteiger partial charge is 0.390 e. The van der Waals surface area contributed by atoms with E-state index in [4.69, 9.17) is 0 Å². The number of halogens is 2. The molecule has 1 amide bonds. The predicted octanol–water partition coefficient (Wildman–Crippen LogP) is 2.20. The van der Waals surface area contributed by atoms with Crippen molar-refractivity contribution in [1.29, 1.82) is 0 Å². The van der Waals surface area contributed by atoms with Gasteiger partial charge in [-0.15, -0.1) is 0 Å². The van der Waals surface area contributed by atoms with Gasteiger partial charge in [0.1, 0.15) is 11.6 Å². The lowest BCUT2D eigenvalue weighted by molar-refractivity contribution is 0.0211. The zero-order valence-corrected chi connectivity index (χ0v) is 11.0. The summed E-state index contributed by atoms with van der Waals surface area (Å²) >= 11 is 0. The van der Waals surface area contributed by atoms with Gasteiger partial charge >= 0.3 is 0 Å². The SMILES string of the molecule is CC(C)(O)[C@@H]1CCN(C(=O)c2cc(F)ccc2F)C1. The first-order valence-electron chi connectivity index (χ1n) is 6.25. The summed E-state index contributed by atoms with van der Waals surface area (Å²) < 4.78 is 26.6. The molecule has 5 heteroatoms. The van der Waals surface area contributed by atoms with Gasteiger partial charge in [-0.05, 0) is 38.5 Å². The van der Waals surface area contributed by atoms with Crippen LogP contribution in [0, 0.1) is 17.6 Å². The highest BCUT2D eigenvalue weighted by molar-refractivity contribution is 5.94. The lowest BCUT2D eigenvalue weighted by atomic mass is 9.90. The molecule has 0 bridgehead atoms. The molecular formula is C14H17F2NO2. The summed E-state index contributed by atoms with van der Waals surface area (Å²) in [5, 5.41) is 9.91. The van der Waals surface area contributed by atoms with Gasteiger partial charge in [0.2, 0.25) is 0 Å². The molecule has 104 valence electrons. The summed E-state index contributed by atoms with van der Waals surface area (Å²) in [5.41, 5.74) is -1.13. The first-order valence-corrected chi connectivity index (χ1v) is 6.25. The van der Waals surface area contributed by atoms with E-state index in [1.54, 1.807) is 13.8 Å². The van der Waals surface area contributed by atoms with Gasteiger partial charge in [-0.2, -0.15) is 0 Å². The van der Waals surface area contributed by atoms with Gasteiger partial charge in [0, 0.05) is 19.0 Å². The number of hydrogen-bond acceptors (Lipinski definition) is 2. The summed E-state index contributed by atoms with van der Waals surface area (Å²) in [6.45, 7) is 4.19. The Morgan fingerprint density at radius 1 is 1.42 bits per heavy atom. The van der Waals surface area contributed by atoms with Crippen LogP contribution < -0.4 is 0 Å². The Bertz CT molecular complexity index is 497. The maximum Gasteiger partial charge on any atom is 0.256 e. The highest BCUT2D eigenvalue weighted by atomic mass is 19.1. The standard InChI is InChI=1S/C14H17F2NO2/c1-14(2,19)9-5-6-17(8-9)13(18)11-7-10(15)3-4-12(11)16/h3-4,7,9,19H,5-6,8H2,1-2H3/t9-/m1/s1. The number of benzene rings is 1. The zero-order chi connectivity index (χ0) is 14.2. The summed E-state index contributed by atoms with van der Waals surface area (Å²) in [5.74, 6) is -1.93. The van der Waals surface area contributed by atoms with Crippen molar-refractivity contribution in [3.8, 4) is 0 Å². The highest BCUT2D eigenvalue weighted by Crippen LogP contribution is 2.28. The van der Waals surface area contributed by atoms with Crippen molar-refractivity contribution in [2.75, 3.05) is 13.1 Å². The molecule has 1 fully saturated rings. The van der Waals surface area contributed by atoms with E-state index in [2.05, 4.69) is 0 Å². The van der Waals surface area contributed by atoms with E-state index < -0.39 is 23.1 Å². The van der Waals surface area contributed by atoms with Crippen molar-refractivity contribution in [1.82, 2.24) is 4.90 Å². The van der Waals surface area contributed by atoms with Crippen LogP contribution in [-0.2, 0) is 0 Å². The number of aliphatic hydroxyl groups is 1. The number of amides is 1. The number of carbonyl (C=O) groups is 1. The molecule has 0 spiro atoms. The maximum atomic E-state index is 13.5. The molecule has 0 aliphatic carbocycles. The quantitative estimate of drug-likeness (QED) is 0.894. The van der Waals surface area contributed by atoms with Crippen LogP contribution in [0.1, 0.15) is 30.6 Å². The van der Waals surface area contributed by atoms with Crippen LogP contribution >= 0.6 is 0 Å². The molecule has 3 nitrogen and oxygen atoms in total. The fraction of sp³-hybridized carbons (Fsp3) is 0.500. The van der Waals surface area contributed by atoms with Gasteiger partial charge in [-0.3, -0.25) is 4.79 Å². The summed E-state index contributed by atoms with van der Waals surface area (Å²) in [7, 11) is 0. The van der Waals surface area contributed by atoms with E-state index in [-0.39, 0.29) is 11.5 Å². The number of hydrogen-bond donors (Lipinski definition) is 1. The van der Waals surface area contributed by atoms with E-state index in [9.17, 15) is 18.7 Å². The first kappa shape index (κ1) is 13.9. The molecule has 1 aliphatic heterocycles. The van der Waals surface area contributed by atoms with Crippen molar-refractivity contribution in [2.45, 2.75) is 25.9 Å². The molecule has 1 aromatic carbocycles. The molecule has 0 aromatic heterocycles. The van der Waals surface area contributed by atoms with Crippen molar-refractivity contribution in [3.05, 3.63) is 35.4 Å². The van der Waals surface area contributed by atoms with Crippen molar-refractivity contribution in [3.63, 3.8) is 0 Å². The van der Waals surface area contributed by atoms with E-state index in [1.165, 1.54) is 4.90 Å². The number of carbonyl (C=O) groups excluding carboxylic acids is 1. The number of rotatable bonds is 2. The molecule has 1 saturated heterocycles. The molecule has 2 rings (SSSR count). The third-order valence-corrected chi connectivity index (χ3v) is 3.63. The van der Waals surface area contributed by atoms with Crippen LogP contribution in [-0.4, -0.2) is 34.6 Å². The van der Waals surface area contributed by atoms with Gasteiger partial charge in [0.15, 0.2) is 0 Å². The molecule has 1 aliphatic rings. The molecule has 1 N–H and O–H groups in total. The molecular weight excluding hydrogens is 252 g/mol.